The predicted octanol–water partition coefficient (Wildman–Crippen LogP) is 2.22. The molecular weight excluding hydrogens is 285 g/mol. The first-order chi connectivity index (χ1) is 9.94. The molecule has 1 aliphatic rings. The molecule has 3 atom stereocenters. The highest BCUT2D eigenvalue weighted by atomic mass is 19.4. The Bertz CT molecular complexity index is 277. The molecule has 0 aliphatic heterocycles. The molecule has 4 nitrogen and oxygen atoms in total. The van der Waals surface area contributed by atoms with Gasteiger partial charge in [-0.3, -0.25) is 0 Å². The van der Waals surface area contributed by atoms with Crippen LogP contribution in [0.5, 0.6) is 0 Å². The molecule has 7 heteroatoms. The molecule has 0 aromatic carbocycles. The van der Waals surface area contributed by atoms with Crippen molar-refractivity contribution in [1.82, 2.24) is 5.32 Å². The molecule has 3 N–H and O–H groups in total. The van der Waals surface area contributed by atoms with Crippen LogP contribution < -0.4 is 11.1 Å². The van der Waals surface area contributed by atoms with Gasteiger partial charge in [0.05, 0.1) is 12.7 Å². The van der Waals surface area contributed by atoms with Gasteiger partial charge in [0.2, 0.25) is 0 Å². The van der Waals surface area contributed by atoms with Gasteiger partial charge in [-0.05, 0) is 45.1 Å². The molecule has 21 heavy (non-hydrogen) atoms. The Morgan fingerprint density at radius 1 is 1.33 bits per heavy atom. The maximum Gasteiger partial charge on any atom is 0.411 e. The monoisotopic (exact) mass is 312 g/mol. The fourth-order valence-electron chi connectivity index (χ4n) is 2.77. The van der Waals surface area contributed by atoms with Gasteiger partial charge in [0.1, 0.15) is 6.61 Å². The summed E-state index contributed by atoms with van der Waals surface area (Å²) in [6.07, 6.45) is 0.434. The quantitative estimate of drug-likeness (QED) is 0.685. The van der Waals surface area contributed by atoms with Crippen molar-refractivity contribution in [2.45, 2.75) is 62.9 Å². The Hall–Kier alpha value is -0.370. The molecule has 3 unspecified atom stereocenters. The van der Waals surface area contributed by atoms with Gasteiger partial charge >= 0.3 is 6.18 Å². The molecular formula is C14H27F3N2O2. The summed E-state index contributed by atoms with van der Waals surface area (Å²) < 4.78 is 46.7. The zero-order valence-corrected chi connectivity index (χ0v) is 12.6. The van der Waals surface area contributed by atoms with Gasteiger partial charge in [0.25, 0.3) is 0 Å². The summed E-state index contributed by atoms with van der Waals surface area (Å²) >= 11 is 0. The van der Waals surface area contributed by atoms with Crippen molar-refractivity contribution in [3.63, 3.8) is 0 Å². The van der Waals surface area contributed by atoms with Gasteiger partial charge in [-0.1, -0.05) is 0 Å². The lowest BCUT2D eigenvalue weighted by Gasteiger charge is -2.33. The zero-order chi connectivity index (χ0) is 15.7. The summed E-state index contributed by atoms with van der Waals surface area (Å²) in [6.45, 7) is 0.0630. The molecule has 126 valence electrons. The Morgan fingerprint density at radius 2 is 2.10 bits per heavy atom. The molecule has 1 rings (SSSR count). The van der Waals surface area contributed by atoms with E-state index in [1.807, 2.05) is 0 Å². The molecule has 0 amide bonds. The lowest BCUT2D eigenvalue weighted by atomic mass is 9.92. The first-order valence-electron chi connectivity index (χ1n) is 7.58. The number of halogens is 3. The molecule has 0 radical (unpaired) electrons. The highest BCUT2D eigenvalue weighted by Gasteiger charge is 2.31. The number of methoxy groups -OCH3 is 1. The van der Waals surface area contributed by atoms with Crippen LogP contribution in [0, 0.1) is 0 Å². The van der Waals surface area contributed by atoms with Crippen LogP contribution in [-0.2, 0) is 9.47 Å². The lowest BCUT2D eigenvalue weighted by Crippen LogP contribution is -2.45. The second kappa shape index (κ2) is 9.61. The number of nitrogens with one attached hydrogen (secondary N) is 1. The van der Waals surface area contributed by atoms with Crippen LogP contribution in [0.1, 0.15) is 38.5 Å². The highest BCUT2D eigenvalue weighted by molar-refractivity contribution is 4.82. The first kappa shape index (κ1) is 18.7. The van der Waals surface area contributed by atoms with Gasteiger partial charge in [0, 0.05) is 19.2 Å². The normalized spacial score (nSPS) is 25.0. The molecule has 1 saturated carbocycles. The van der Waals surface area contributed by atoms with Crippen LogP contribution in [0.25, 0.3) is 0 Å². The molecule has 0 saturated heterocycles. The first-order valence-corrected chi connectivity index (χ1v) is 7.58. The number of rotatable bonds is 9. The standard InChI is InChI=1S/C14H27F3N2O2/c1-20-9-12(5-3-7-18)19-11-4-2-6-13(8-11)21-10-14(15,16)17/h11-13,19H,2-10,18H2,1H3. The molecule has 0 heterocycles. The largest absolute Gasteiger partial charge is 0.411 e. The summed E-state index contributed by atoms with van der Waals surface area (Å²) in [4.78, 5) is 0. The number of hydrogen-bond acceptors (Lipinski definition) is 4. The molecule has 0 aromatic heterocycles. The third-order valence-electron chi connectivity index (χ3n) is 3.70. The van der Waals surface area contributed by atoms with Crippen molar-refractivity contribution in [2.24, 2.45) is 5.73 Å². The highest BCUT2D eigenvalue weighted by Crippen LogP contribution is 2.24. The maximum atomic E-state index is 12.2. The third-order valence-corrected chi connectivity index (χ3v) is 3.70. The van der Waals surface area contributed by atoms with Crippen LogP contribution in [0.3, 0.4) is 0 Å². The zero-order valence-electron chi connectivity index (χ0n) is 12.6. The van der Waals surface area contributed by atoms with Crippen molar-refractivity contribution in [2.75, 3.05) is 26.9 Å². The van der Waals surface area contributed by atoms with Gasteiger partial charge in [-0.15, -0.1) is 0 Å². The Morgan fingerprint density at radius 3 is 2.71 bits per heavy atom. The Labute approximate surface area is 124 Å². The second-order valence-corrected chi connectivity index (χ2v) is 5.66. The van der Waals surface area contributed by atoms with Crippen molar-refractivity contribution >= 4 is 0 Å². The predicted molar refractivity (Wildman–Crippen MR) is 75.1 cm³/mol. The average Bonchev–Trinajstić information content (AvgIpc) is 2.42. The number of alkyl halides is 3. The van der Waals surface area contributed by atoms with E-state index in [4.69, 9.17) is 15.2 Å². The summed E-state index contributed by atoms with van der Waals surface area (Å²) in [5.41, 5.74) is 5.51. The molecule has 0 spiro atoms. The topological polar surface area (TPSA) is 56.5 Å². The number of hydrogen-bond donors (Lipinski definition) is 2. The van der Waals surface area contributed by atoms with Gasteiger partial charge in [-0.25, -0.2) is 0 Å². The summed E-state index contributed by atoms with van der Waals surface area (Å²) in [6, 6.07) is 0.389. The minimum atomic E-state index is -4.25. The van der Waals surface area contributed by atoms with E-state index >= 15 is 0 Å². The van der Waals surface area contributed by atoms with E-state index in [1.54, 1.807) is 7.11 Å². The van der Waals surface area contributed by atoms with E-state index in [1.165, 1.54) is 0 Å². The average molecular weight is 312 g/mol. The molecule has 1 aliphatic carbocycles. The van der Waals surface area contributed by atoms with Crippen LogP contribution in [-0.4, -0.2) is 51.2 Å². The van der Waals surface area contributed by atoms with Crippen molar-refractivity contribution in [1.29, 1.82) is 0 Å². The lowest BCUT2D eigenvalue weighted by molar-refractivity contribution is -0.188. The number of nitrogens with two attached hydrogens (primary N) is 1. The Kier molecular flexibility index (Phi) is 8.55. The third kappa shape index (κ3) is 8.60. The second-order valence-electron chi connectivity index (χ2n) is 5.66. The fourth-order valence-corrected chi connectivity index (χ4v) is 2.77. The van der Waals surface area contributed by atoms with Gasteiger partial charge in [0.15, 0.2) is 0 Å². The van der Waals surface area contributed by atoms with E-state index < -0.39 is 12.8 Å². The van der Waals surface area contributed by atoms with E-state index in [-0.39, 0.29) is 18.2 Å². The van der Waals surface area contributed by atoms with E-state index in [2.05, 4.69) is 5.32 Å². The van der Waals surface area contributed by atoms with Crippen LogP contribution in [0.4, 0.5) is 13.2 Å². The van der Waals surface area contributed by atoms with Crippen LogP contribution >= 0.6 is 0 Å². The SMILES string of the molecule is COCC(CCCN)NC1CCCC(OCC(F)(F)F)C1. The fraction of sp³-hybridized carbons (Fsp3) is 1.00. The smallest absolute Gasteiger partial charge is 0.383 e. The minimum absolute atomic E-state index is 0.190. The summed E-state index contributed by atoms with van der Waals surface area (Å²) in [5.74, 6) is 0. The van der Waals surface area contributed by atoms with Gasteiger partial charge in [-0.2, -0.15) is 13.2 Å². The maximum absolute atomic E-state index is 12.2. The van der Waals surface area contributed by atoms with Gasteiger partial charge < -0.3 is 20.5 Å². The number of ether oxygens (including phenoxy) is 2. The van der Waals surface area contributed by atoms with E-state index in [0.717, 1.165) is 25.7 Å². The molecule has 0 aromatic rings. The Balaban J connectivity index is 2.36. The minimum Gasteiger partial charge on any atom is -0.383 e. The van der Waals surface area contributed by atoms with E-state index in [9.17, 15) is 13.2 Å². The van der Waals surface area contributed by atoms with Crippen molar-refractivity contribution in [3.8, 4) is 0 Å². The molecule has 0 bridgehead atoms. The summed E-state index contributed by atoms with van der Waals surface area (Å²) in [7, 11) is 1.65. The summed E-state index contributed by atoms with van der Waals surface area (Å²) in [5, 5.41) is 3.48. The molecule has 1 fully saturated rings. The van der Waals surface area contributed by atoms with Crippen molar-refractivity contribution in [3.05, 3.63) is 0 Å². The van der Waals surface area contributed by atoms with Crippen LogP contribution in [0.2, 0.25) is 0 Å². The van der Waals surface area contributed by atoms with E-state index in [0.29, 0.717) is 26.0 Å². The van der Waals surface area contributed by atoms with Crippen molar-refractivity contribution < 1.29 is 22.6 Å². The van der Waals surface area contributed by atoms with Crippen LogP contribution in [0.15, 0.2) is 0 Å².